The fourth-order valence-electron chi connectivity index (χ4n) is 1.90. The summed E-state index contributed by atoms with van der Waals surface area (Å²) in [5.41, 5.74) is 1.19. The van der Waals surface area contributed by atoms with Crippen LogP contribution in [0.5, 0.6) is 0 Å². The van der Waals surface area contributed by atoms with E-state index in [0.717, 1.165) is 0 Å². The summed E-state index contributed by atoms with van der Waals surface area (Å²) in [5.74, 6) is 0.427. The van der Waals surface area contributed by atoms with E-state index in [2.05, 4.69) is 9.97 Å². The van der Waals surface area contributed by atoms with Crippen molar-refractivity contribution < 1.29 is 4.39 Å². The smallest absolute Gasteiger partial charge is 0.152 e. The van der Waals surface area contributed by atoms with E-state index in [1.807, 2.05) is 39.2 Å². The summed E-state index contributed by atoms with van der Waals surface area (Å²) in [7, 11) is 0. The third kappa shape index (κ3) is 1.58. The Morgan fingerprint density at radius 3 is 2.38 bits per heavy atom. The molecule has 2 rings (SSSR count). The highest BCUT2D eigenvalue weighted by molar-refractivity contribution is 5.79. The van der Waals surface area contributed by atoms with E-state index in [0.29, 0.717) is 22.6 Å². The summed E-state index contributed by atoms with van der Waals surface area (Å²) in [4.78, 5) is 8.53. The van der Waals surface area contributed by atoms with E-state index in [1.165, 1.54) is 6.20 Å². The van der Waals surface area contributed by atoms with Gasteiger partial charge in [-0.15, -0.1) is 0 Å². The highest BCUT2D eigenvalue weighted by Crippen LogP contribution is 2.26. The van der Waals surface area contributed by atoms with Gasteiger partial charge in [0, 0.05) is 11.7 Å². The Bertz CT molecular complexity index is 549. The number of halogens is 1. The highest BCUT2D eigenvalue weighted by atomic mass is 19.1. The summed E-state index contributed by atoms with van der Waals surface area (Å²) >= 11 is 0. The Kier molecular flexibility index (Phi) is 2.26. The molecule has 0 saturated heterocycles. The fourth-order valence-corrected chi connectivity index (χ4v) is 1.90. The maximum atomic E-state index is 13.8. The minimum Gasteiger partial charge on any atom is -0.324 e. The molecule has 4 heteroatoms. The van der Waals surface area contributed by atoms with Crippen LogP contribution in [0.1, 0.15) is 32.3 Å². The lowest BCUT2D eigenvalue weighted by Crippen LogP contribution is -2.21. The lowest BCUT2D eigenvalue weighted by molar-refractivity contribution is 0.403. The lowest BCUT2D eigenvalue weighted by atomic mass is 10.1. The first-order valence-corrected chi connectivity index (χ1v) is 5.33. The van der Waals surface area contributed by atoms with Crippen LogP contribution in [0.25, 0.3) is 11.0 Å². The quantitative estimate of drug-likeness (QED) is 0.684. The van der Waals surface area contributed by atoms with Gasteiger partial charge in [0.15, 0.2) is 5.82 Å². The van der Waals surface area contributed by atoms with Crippen molar-refractivity contribution in [3.05, 3.63) is 23.5 Å². The number of nitrogens with zero attached hydrogens (tertiary/aromatic N) is 3. The van der Waals surface area contributed by atoms with Gasteiger partial charge in [0.2, 0.25) is 0 Å². The second-order valence-electron chi connectivity index (χ2n) is 5.07. The first-order chi connectivity index (χ1) is 7.30. The van der Waals surface area contributed by atoms with E-state index < -0.39 is 0 Å². The Hall–Kier alpha value is -1.45. The molecule has 0 amide bonds. The van der Waals surface area contributed by atoms with Crippen molar-refractivity contribution in [2.24, 2.45) is 0 Å². The van der Waals surface area contributed by atoms with Crippen molar-refractivity contribution in [1.29, 1.82) is 0 Å². The molecule has 0 aromatic carbocycles. The fraction of sp³-hybridized carbons (Fsp3) is 0.500. The zero-order valence-electron chi connectivity index (χ0n) is 10.3. The van der Waals surface area contributed by atoms with Gasteiger partial charge >= 0.3 is 0 Å². The summed E-state index contributed by atoms with van der Waals surface area (Å²) in [6, 6.07) is 0. The minimum atomic E-state index is -0.248. The van der Waals surface area contributed by atoms with E-state index in [9.17, 15) is 4.39 Å². The largest absolute Gasteiger partial charge is 0.324 e. The van der Waals surface area contributed by atoms with E-state index in [-0.39, 0.29) is 11.4 Å². The Labute approximate surface area is 94.3 Å². The number of hydrogen-bond acceptors (Lipinski definition) is 2. The van der Waals surface area contributed by atoms with Gasteiger partial charge in [0.05, 0.1) is 11.1 Å². The van der Waals surface area contributed by atoms with E-state index in [4.69, 9.17) is 0 Å². The maximum absolute atomic E-state index is 13.8. The molecule has 2 heterocycles. The van der Waals surface area contributed by atoms with Crippen molar-refractivity contribution in [2.45, 2.75) is 40.2 Å². The predicted molar refractivity (Wildman–Crippen MR) is 62.0 cm³/mol. The van der Waals surface area contributed by atoms with Gasteiger partial charge in [-0.05, 0) is 34.6 Å². The average Bonchev–Trinajstić information content (AvgIpc) is 2.41. The van der Waals surface area contributed by atoms with Crippen LogP contribution in [-0.4, -0.2) is 14.5 Å². The molecule has 0 saturated carbocycles. The number of rotatable bonds is 0. The SMILES string of the molecule is Cc1nc(C)c2c(F)cn(C(C)(C)C)c2n1. The molecule has 0 atom stereocenters. The van der Waals surface area contributed by atoms with Crippen molar-refractivity contribution in [3.63, 3.8) is 0 Å². The Morgan fingerprint density at radius 1 is 1.19 bits per heavy atom. The maximum Gasteiger partial charge on any atom is 0.152 e. The predicted octanol–water partition coefficient (Wildman–Crippen LogP) is 2.94. The molecular formula is C12H16FN3. The van der Waals surface area contributed by atoms with Crippen molar-refractivity contribution in [2.75, 3.05) is 0 Å². The molecule has 16 heavy (non-hydrogen) atoms. The summed E-state index contributed by atoms with van der Waals surface area (Å²) in [6.07, 6.45) is 1.51. The topological polar surface area (TPSA) is 30.7 Å². The van der Waals surface area contributed by atoms with Gasteiger partial charge in [-0.1, -0.05) is 0 Å². The van der Waals surface area contributed by atoms with Gasteiger partial charge in [-0.3, -0.25) is 0 Å². The molecule has 2 aromatic heterocycles. The van der Waals surface area contributed by atoms with Crippen molar-refractivity contribution in [1.82, 2.24) is 14.5 Å². The van der Waals surface area contributed by atoms with Crippen LogP contribution in [0.4, 0.5) is 4.39 Å². The van der Waals surface area contributed by atoms with Gasteiger partial charge in [0.1, 0.15) is 11.5 Å². The molecule has 2 aromatic rings. The first-order valence-electron chi connectivity index (χ1n) is 5.33. The summed E-state index contributed by atoms with van der Waals surface area (Å²) in [5, 5.41) is 0.528. The number of fused-ring (bicyclic) bond motifs is 1. The molecule has 0 fully saturated rings. The zero-order valence-corrected chi connectivity index (χ0v) is 10.3. The lowest BCUT2D eigenvalue weighted by Gasteiger charge is -2.21. The molecule has 0 aliphatic rings. The second-order valence-corrected chi connectivity index (χ2v) is 5.07. The minimum absolute atomic E-state index is 0.185. The van der Waals surface area contributed by atoms with Gasteiger partial charge in [-0.2, -0.15) is 0 Å². The molecule has 0 N–H and O–H groups in total. The Balaban J connectivity index is 2.89. The molecule has 3 nitrogen and oxygen atoms in total. The van der Waals surface area contributed by atoms with Crippen molar-refractivity contribution >= 4 is 11.0 Å². The van der Waals surface area contributed by atoms with Crippen LogP contribution in [0.3, 0.4) is 0 Å². The molecule has 0 aliphatic heterocycles. The molecule has 0 radical (unpaired) electrons. The molecule has 86 valence electrons. The van der Waals surface area contributed by atoms with E-state index in [1.54, 1.807) is 0 Å². The van der Waals surface area contributed by atoms with Crippen LogP contribution >= 0.6 is 0 Å². The van der Waals surface area contributed by atoms with Crippen LogP contribution in [-0.2, 0) is 5.54 Å². The van der Waals surface area contributed by atoms with Crippen molar-refractivity contribution in [3.8, 4) is 0 Å². The van der Waals surface area contributed by atoms with Crippen LogP contribution in [0.15, 0.2) is 6.20 Å². The normalized spacial score (nSPS) is 12.4. The monoisotopic (exact) mass is 221 g/mol. The average molecular weight is 221 g/mol. The summed E-state index contributed by atoms with van der Waals surface area (Å²) in [6.45, 7) is 9.72. The third-order valence-electron chi connectivity index (χ3n) is 2.61. The second kappa shape index (κ2) is 3.27. The van der Waals surface area contributed by atoms with Gasteiger partial charge < -0.3 is 4.57 Å². The number of aryl methyl sites for hydroxylation is 2. The number of hydrogen-bond donors (Lipinski definition) is 0. The van der Waals surface area contributed by atoms with Crippen LogP contribution < -0.4 is 0 Å². The van der Waals surface area contributed by atoms with Gasteiger partial charge in [-0.25, -0.2) is 14.4 Å². The van der Waals surface area contributed by atoms with Crippen LogP contribution in [0.2, 0.25) is 0 Å². The highest BCUT2D eigenvalue weighted by Gasteiger charge is 2.21. The standard InChI is InChI=1S/C12H16FN3/c1-7-10-9(13)6-16(12(3,4)5)11(10)15-8(2)14-7/h6H,1-5H3. The van der Waals surface area contributed by atoms with Gasteiger partial charge in [0.25, 0.3) is 0 Å². The number of aromatic nitrogens is 3. The van der Waals surface area contributed by atoms with Crippen LogP contribution in [0, 0.1) is 19.7 Å². The third-order valence-corrected chi connectivity index (χ3v) is 2.61. The molecule has 0 unspecified atom stereocenters. The molecule has 0 spiro atoms. The molecular weight excluding hydrogens is 205 g/mol. The Morgan fingerprint density at radius 2 is 1.81 bits per heavy atom. The molecule has 0 aliphatic carbocycles. The summed E-state index contributed by atoms with van der Waals surface area (Å²) < 4.78 is 15.7. The first kappa shape index (κ1) is 11.0. The van der Waals surface area contributed by atoms with E-state index >= 15 is 0 Å². The zero-order chi connectivity index (χ0) is 12.1. The molecule has 0 bridgehead atoms.